The Kier molecular flexibility index (Phi) is 5.21. The molecule has 23 heavy (non-hydrogen) atoms. The first-order chi connectivity index (χ1) is 10.9. The minimum atomic E-state index is -3.52. The van der Waals surface area contributed by atoms with E-state index in [-0.39, 0.29) is 10.5 Å². The number of benzene rings is 2. The average Bonchev–Trinajstić information content (AvgIpc) is 2.54. The zero-order chi connectivity index (χ0) is 17.0. The lowest BCUT2D eigenvalue weighted by Gasteiger charge is -2.13. The van der Waals surface area contributed by atoms with Gasteiger partial charge in [0.25, 0.3) is 5.91 Å². The molecule has 0 aromatic heterocycles. The van der Waals surface area contributed by atoms with Gasteiger partial charge in [0, 0.05) is 5.69 Å². The fourth-order valence-corrected chi connectivity index (χ4v) is 3.47. The molecule has 0 atom stereocenters. The molecule has 5 heteroatoms. The molecule has 2 rings (SSSR count). The Bertz CT molecular complexity index is 811. The summed E-state index contributed by atoms with van der Waals surface area (Å²) in [6, 6.07) is 13.8. The lowest BCUT2D eigenvalue weighted by Crippen LogP contribution is -2.20. The molecule has 1 amide bonds. The highest BCUT2D eigenvalue weighted by Crippen LogP contribution is 2.22. The van der Waals surface area contributed by atoms with Gasteiger partial charge in [-0.15, -0.1) is 0 Å². The van der Waals surface area contributed by atoms with Crippen LogP contribution in [0.2, 0.25) is 0 Å². The fourth-order valence-electron chi connectivity index (χ4n) is 2.22. The van der Waals surface area contributed by atoms with Gasteiger partial charge < -0.3 is 5.32 Å². The van der Waals surface area contributed by atoms with Gasteiger partial charge in [0.05, 0.1) is 15.7 Å². The number of sulfone groups is 1. The second-order valence-electron chi connectivity index (χ2n) is 5.60. The van der Waals surface area contributed by atoms with Crippen LogP contribution in [-0.2, 0) is 16.3 Å². The largest absolute Gasteiger partial charge is 0.322 e. The second-order valence-corrected chi connectivity index (χ2v) is 8.07. The lowest BCUT2D eigenvalue weighted by atomic mass is 10.1. The molecule has 2 aromatic rings. The van der Waals surface area contributed by atoms with E-state index >= 15 is 0 Å². The molecule has 0 bridgehead atoms. The highest BCUT2D eigenvalue weighted by Gasteiger charge is 2.25. The highest BCUT2D eigenvalue weighted by molar-refractivity contribution is 7.92. The maximum atomic E-state index is 12.5. The molecule has 2 aromatic carbocycles. The van der Waals surface area contributed by atoms with Crippen molar-refractivity contribution in [1.29, 1.82) is 0 Å². The van der Waals surface area contributed by atoms with Crippen LogP contribution >= 0.6 is 0 Å². The van der Waals surface area contributed by atoms with E-state index < -0.39 is 21.0 Å². The Labute approximate surface area is 137 Å². The van der Waals surface area contributed by atoms with Gasteiger partial charge in [0.15, 0.2) is 9.84 Å². The molecule has 4 nitrogen and oxygen atoms in total. The minimum Gasteiger partial charge on any atom is -0.322 e. The maximum absolute atomic E-state index is 12.5. The van der Waals surface area contributed by atoms with Crippen LogP contribution in [0.1, 0.15) is 36.7 Å². The molecule has 0 aliphatic carbocycles. The number of aryl methyl sites for hydroxylation is 1. The average molecular weight is 331 g/mol. The Morgan fingerprint density at radius 3 is 2.43 bits per heavy atom. The van der Waals surface area contributed by atoms with Crippen LogP contribution in [0, 0.1) is 0 Å². The van der Waals surface area contributed by atoms with Crippen LogP contribution in [0.4, 0.5) is 5.69 Å². The van der Waals surface area contributed by atoms with Gasteiger partial charge in [-0.1, -0.05) is 31.2 Å². The van der Waals surface area contributed by atoms with Crippen LogP contribution in [0.25, 0.3) is 0 Å². The molecule has 0 saturated heterocycles. The van der Waals surface area contributed by atoms with Gasteiger partial charge in [-0.25, -0.2) is 8.42 Å². The summed E-state index contributed by atoms with van der Waals surface area (Å²) in [6.07, 6.45) is 0.863. The van der Waals surface area contributed by atoms with E-state index in [0.717, 1.165) is 12.0 Å². The normalized spacial score (nSPS) is 11.5. The van der Waals surface area contributed by atoms with Crippen molar-refractivity contribution in [2.24, 2.45) is 0 Å². The topological polar surface area (TPSA) is 63.2 Å². The minimum absolute atomic E-state index is 0.0687. The Balaban J connectivity index is 2.37. The molecular formula is C18H21NO3S. The first kappa shape index (κ1) is 17.2. The van der Waals surface area contributed by atoms with Crippen LogP contribution in [0.5, 0.6) is 0 Å². The van der Waals surface area contributed by atoms with E-state index in [1.165, 1.54) is 12.1 Å². The van der Waals surface area contributed by atoms with Crippen molar-refractivity contribution in [3.8, 4) is 0 Å². The molecule has 0 unspecified atom stereocenters. The van der Waals surface area contributed by atoms with E-state index in [1.807, 2.05) is 25.1 Å². The van der Waals surface area contributed by atoms with Gasteiger partial charge in [0.1, 0.15) is 0 Å². The lowest BCUT2D eigenvalue weighted by molar-refractivity contribution is 0.102. The molecule has 1 N–H and O–H groups in total. The van der Waals surface area contributed by atoms with Gasteiger partial charge in [-0.05, 0) is 50.1 Å². The molecule has 0 aliphatic heterocycles. The number of anilines is 1. The van der Waals surface area contributed by atoms with Crippen LogP contribution < -0.4 is 5.32 Å². The number of carbonyl (C=O) groups is 1. The van der Waals surface area contributed by atoms with Gasteiger partial charge >= 0.3 is 0 Å². The van der Waals surface area contributed by atoms with E-state index in [1.54, 1.807) is 32.0 Å². The zero-order valence-electron chi connectivity index (χ0n) is 13.5. The van der Waals surface area contributed by atoms with Crippen molar-refractivity contribution in [3.05, 3.63) is 59.7 Å². The molecule has 0 radical (unpaired) electrons. The molecule has 122 valence electrons. The summed E-state index contributed by atoms with van der Waals surface area (Å²) in [5, 5.41) is 2.20. The number of amides is 1. The van der Waals surface area contributed by atoms with Crippen molar-refractivity contribution in [1.82, 2.24) is 0 Å². The second kappa shape index (κ2) is 6.96. The quantitative estimate of drug-likeness (QED) is 0.909. The molecular weight excluding hydrogens is 310 g/mol. The van der Waals surface area contributed by atoms with E-state index in [0.29, 0.717) is 5.69 Å². The standard InChI is InChI=1S/C18H21NO3S/c1-4-14-8-7-9-15(12-14)19-18(20)16-10-5-6-11-17(16)23(21,22)13(2)3/h5-13H,4H2,1-3H3,(H,19,20). The predicted molar refractivity (Wildman–Crippen MR) is 92.5 cm³/mol. The molecule has 0 spiro atoms. The first-order valence-electron chi connectivity index (χ1n) is 7.59. The van der Waals surface area contributed by atoms with Crippen molar-refractivity contribution >= 4 is 21.4 Å². The third kappa shape index (κ3) is 3.79. The van der Waals surface area contributed by atoms with Crippen LogP contribution in [0.3, 0.4) is 0 Å². The number of rotatable bonds is 5. The predicted octanol–water partition coefficient (Wildman–Crippen LogP) is 3.68. The van der Waals surface area contributed by atoms with E-state index in [4.69, 9.17) is 0 Å². The van der Waals surface area contributed by atoms with Crippen molar-refractivity contribution < 1.29 is 13.2 Å². The summed E-state index contributed by atoms with van der Waals surface area (Å²) in [4.78, 5) is 12.6. The summed E-state index contributed by atoms with van der Waals surface area (Å²) in [6.45, 7) is 5.24. The molecule has 0 heterocycles. The Hall–Kier alpha value is -2.14. The van der Waals surface area contributed by atoms with Gasteiger partial charge in [-0.3, -0.25) is 4.79 Å². The fraction of sp³-hybridized carbons (Fsp3) is 0.278. The number of hydrogen-bond acceptors (Lipinski definition) is 3. The van der Waals surface area contributed by atoms with Crippen molar-refractivity contribution in [3.63, 3.8) is 0 Å². The summed E-state index contributed by atoms with van der Waals surface area (Å²) in [5.74, 6) is -0.418. The summed E-state index contributed by atoms with van der Waals surface area (Å²) in [7, 11) is -3.52. The van der Waals surface area contributed by atoms with E-state index in [2.05, 4.69) is 5.32 Å². The van der Waals surface area contributed by atoms with Gasteiger partial charge in [0.2, 0.25) is 0 Å². The summed E-state index contributed by atoms with van der Waals surface area (Å²) >= 11 is 0. The van der Waals surface area contributed by atoms with Gasteiger partial charge in [-0.2, -0.15) is 0 Å². The van der Waals surface area contributed by atoms with Crippen molar-refractivity contribution in [2.45, 2.75) is 37.3 Å². The van der Waals surface area contributed by atoms with Crippen LogP contribution in [-0.4, -0.2) is 19.6 Å². The number of hydrogen-bond donors (Lipinski definition) is 1. The third-order valence-electron chi connectivity index (χ3n) is 3.65. The Morgan fingerprint density at radius 1 is 1.09 bits per heavy atom. The van der Waals surface area contributed by atoms with Crippen molar-refractivity contribution in [2.75, 3.05) is 5.32 Å². The summed E-state index contributed by atoms with van der Waals surface area (Å²) < 4.78 is 24.9. The summed E-state index contributed by atoms with van der Waals surface area (Å²) in [5.41, 5.74) is 1.93. The molecule has 0 fully saturated rings. The number of nitrogens with one attached hydrogen (secondary N) is 1. The monoisotopic (exact) mass is 331 g/mol. The third-order valence-corrected chi connectivity index (χ3v) is 5.86. The van der Waals surface area contributed by atoms with Crippen LogP contribution in [0.15, 0.2) is 53.4 Å². The zero-order valence-corrected chi connectivity index (χ0v) is 14.4. The molecule has 0 aliphatic rings. The SMILES string of the molecule is CCc1cccc(NC(=O)c2ccccc2S(=O)(=O)C(C)C)c1. The highest BCUT2D eigenvalue weighted by atomic mass is 32.2. The first-order valence-corrected chi connectivity index (χ1v) is 9.14. The number of carbonyl (C=O) groups excluding carboxylic acids is 1. The molecule has 0 saturated carbocycles. The smallest absolute Gasteiger partial charge is 0.256 e. The van der Waals surface area contributed by atoms with E-state index in [9.17, 15) is 13.2 Å². The maximum Gasteiger partial charge on any atom is 0.256 e. The Morgan fingerprint density at radius 2 is 1.78 bits per heavy atom.